The summed E-state index contributed by atoms with van der Waals surface area (Å²) in [4.78, 5) is 4.17. The van der Waals surface area contributed by atoms with Gasteiger partial charge in [0.2, 0.25) is 11.9 Å². The summed E-state index contributed by atoms with van der Waals surface area (Å²) in [7, 11) is 0. The van der Waals surface area contributed by atoms with Crippen LogP contribution < -0.4 is 11.1 Å². The first-order valence-corrected chi connectivity index (χ1v) is 6.67. The summed E-state index contributed by atoms with van der Waals surface area (Å²) >= 11 is 3.44. The minimum atomic E-state index is 0.425. The van der Waals surface area contributed by atoms with Crippen molar-refractivity contribution < 1.29 is 0 Å². The van der Waals surface area contributed by atoms with Gasteiger partial charge in [0.15, 0.2) is 0 Å². The fourth-order valence-corrected chi connectivity index (χ4v) is 2.04. The van der Waals surface area contributed by atoms with Crippen LogP contribution in [0.15, 0.2) is 28.7 Å². The van der Waals surface area contributed by atoms with Gasteiger partial charge in [-0.2, -0.15) is 4.98 Å². The van der Waals surface area contributed by atoms with E-state index in [1.165, 1.54) is 0 Å². The van der Waals surface area contributed by atoms with Crippen LogP contribution in [-0.2, 0) is 6.54 Å². The Kier molecular flexibility index (Phi) is 4.19. The van der Waals surface area contributed by atoms with Gasteiger partial charge in [-0.1, -0.05) is 35.0 Å². The number of halogens is 1. The molecule has 0 saturated carbocycles. The Morgan fingerprint density at radius 3 is 3.00 bits per heavy atom. The highest BCUT2D eigenvalue weighted by molar-refractivity contribution is 9.10. The van der Waals surface area contributed by atoms with E-state index < -0.39 is 0 Å². The molecule has 6 heteroatoms. The normalized spacial score (nSPS) is 10.6. The summed E-state index contributed by atoms with van der Waals surface area (Å²) in [6.45, 7) is 3.56. The van der Waals surface area contributed by atoms with Crippen molar-refractivity contribution in [2.45, 2.75) is 19.9 Å². The van der Waals surface area contributed by atoms with Gasteiger partial charge in [-0.05, 0) is 24.1 Å². The second-order valence-electron chi connectivity index (χ2n) is 4.01. The van der Waals surface area contributed by atoms with Crippen LogP contribution in [0, 0.1) is 0 Å². The van der Waals surface area contributed by atoms with E-state index in [1.54, 1.807) is 4.68 Å². The van der Waals surface area contributed by atoms with Crippen LogP contribution in [0.25, 0.3) is 0 Å². The Hall–Kier alpha value is -1.56. The third-order valence-electron chi connectivity index (χ3n) is 2.45. The molecule has 0 saturated heterocycles. The Labute approximate surface area is 115 Å². The molecule has 2 rings (SSSR count). The number of aromatic nitrogens is 3. The molecule has 0 bridgehead atoms. The first kappa shape index (κ1) is 12.9. The fraction of sp³-hybridized carbons (Fsp3) is 0.333. The van der Waals surface area contributed by atoms with Gasteiger partial charge in [-0.25, -0.2) is 4.68 Å². The predicted molar refractivity (Wildman–Crippen MR) is 76.5 cm³/mol. The van der Waals surface area contributed by atoms with Crippen molar-refractivity contribution in [3.8, 4) is 0 Å². The number of hydrogen-bond donors (Lipinski definition) is 2. The van der Waals surface area contributed by atoms with Gasteiger partial charge >= 0.3 is 0 Å². The van der Waals surface area contributed by atoms with Gasteiger partial charge in [-0.3, -0.25) is 0 Å². The molecule has 0 amide bonds. The van der Waals surface area contributed by atoms with Crippen LogP contribution in [0.5, 0.6) is 0 Å². The summed E-state index contributed by atoms with van der Waals surface area (Å²) in [5.41, 5.74) is 6.96. The molecule has 1 aromatic heterocycles. The van der Waals surface area contributed by atoms with Gasteiger partial charge in [0.1, 0.15) is 0 Å². The van der Waals surface area contributed by atoms with Crippen molar-refractivity contribution in [1.82, 2.24) is 14.8 Å². The molecule has 2 aromatic rings. The lowest BCUT2D eigenvalue weighted by Crippen LogP contribution is -2.06. The van der Waals surface area contributed by atoms with Crippen LogP contribution in [-0.4, -0.2) is 21.3 Å². The first-order valence-electron chi connectivity index (χ1n) is 5.87. The number of rotatable bonds is 5. The van der Waals surface area contributed by atoms with Crippen molar-refractivity contribution in [3.05, 3.63) is 34.3 Å². The van der Waals surface area contributed by atoms with Gasteiger partial charge in [0.25, 0.3) is 0 Å². The van der Waals surface area contributed by atoms with Crippen LogP contribution in [0.1, 0.15) is 18.9 Å². The van der Waals surface area contributed by atoms with Gasteiger partial charge in [0, 0.05) is 11.0 Å². The highest BCUT2D eigenvalue weighted by Gasteiger charge is 2.06. The molecule has 0 unspecified atom stereocenters. The summed E-state index contributed by atoms with van der Waals surface area (Å²) in [5.74, 6) is 1.01. The molecule has 3 N–H and O–H groups in total. The molecule has 0 aliphatic heterocycles. The van der Waals surface area contributed by atoms with E-state index in [-0.39, 0.29) is 0 Å². The highest BCUT2D eigenvalue weighted by Crippen LogP contribution is 2.14. The van der Waals surface area contributed by atoms with Crippen LogP contribution in [0.2, 0.25) is 0 Å². The second-order valence-corrected chi connectivity index (χ2v) is 4.92. The number of nitrogen functional groups attached to an aromatic ring is 1. The molecule has 1 aromatic carbocycles. The SMILES string of the molecule is CCCNc1nc(N)n(Cc2cccc(Br)c2)n1. The number of nitrogens with two attached hydrogens (primary N) is 1. The van der Waals surface area contributed by atoms with Crippen LogP contribution in [0.3, 0.4) is 0 Å². The minimum Gasteiger partial charge on any atom is -0.368 e. The largest absolute Gasteiger partial charge is 0.368 e. The molecule has 18 heavy (non-hydrogen) atoms. The molecule has 5 nitrogen and oxygen atoms in total. The zero-order valence-corrected chi connectivity index (χ0v) is 11.8. The quantitative estimate of drug-likeness (QED) is 0.890. The molecular weight excluding hydrogens is 294 g/mol. The number of anilines is 2. The lowest BCUT2D eigenvalue weighted by molar-refractivity contribution is 0.696. The third kappa shape index (κ3) is 3.22. The molecule has 0 atom stereocenters. The van der Waals surface area contributed by atoms with Gasteiger partial charge in [0.05, 0.1) is 6.54 Å². The lowest BCUT2D eigenvalue weighted by atomic mass is 10.2. The maximum atomic E-state index is 5.84. The number of benzene rings is 1. The zero-order valence-electron chi connectivity index (χ0n) is 10.2. The van der Waals surface area contributed by atoms with E-state index >= 15 is 0 Å². The molecule has 0 spiro atoms. The molecule has 0 radical (unpaired) electrons. The van der Waals surface area contributed by atoms with Crippen molar-refractivity contribution in [2.75, 3.05) is 17.6 Å². The lowest BCUT2D eigenvalue weighted by Gasteiger charge is -2.03. The topological polar surface area (TPSA) is 68.8 Å². The molecule has 0 fully saturated rings. The summed E-state index contributed by atoms with van der Waals surface area (Å²) in [5, 5.41) is 7.45. The highest BCUT2D eigenvalue weighted by atomic mass is 79.9. The molecule has 0 aliphatic rings. The number of hydrogen-bond acceptors (Lipinski definition) is 4. The van der Waals surface area contributed by atoms with Gasteiger partial charge in [-0.15, -0.1) is 5.10 Å². The Bertz CT molecular complexity index is 523. The third-order valence-corrected chi connectivity index (χ3v) is 2.95. The van der Waals surface area contributed by atoms with Crippen molar-refractivity contribution >= 4 is 27.8 Å². The maximum Gasteiger partial charge on any atom is 0.243 e. The second kappa shape index (κ2) is 5.86. The maximum absolute atomic E-state index is 5.84. The van der Waals surface area contributed by atoms with Gasteiger partial charge < -0.3 is 11.1 Å². The molecular formula is C12H16BrN5. The Balaban J connectivity index is 2.11. The van der Waals surface area contributed by atoms with Crippen molar-refractivity contribution in [1.29, 1.82) is 0 Å². The monoisotopic (exact) mass is 309 g/mol. The van der Waals surface area contributed by atoms with E-state index in [1.807, 2.05) is 24.3 Å². The van der Waals surface area contributed by atoms with Crippen molar-refractivity contribution in [3.63, 3.8) is 0 Å². The average molecular weight is 310 g/mol. The van der Waals surface area contributed by atoms with E-state index in [2.05, 4.69) is 38.3 Å². The van der Waals surface area contributed by atoms with E-state index in [0.717, 1.165) is 23.0 Å². The molecule has 96 valence electrons. The summed E-state index contributed by atoms with van der Waals surface area (Å²) < 4.78 is 2.74. The van der Waals surface area contributed by atoms with E-state index in [9.17, 15) is 0 Å². The Morgan fingerprint density at radius 2 is 2.28 bits per heavy atom. The minimum absolute atomic E-state index is 0.425. The van der Waals surface area contributed by atoms with Crippen LogP contribution >= 0.6 is 15.9 Å². The van der Waals surface area contributed by atoms with E-state index in [4.69, 9.17) is 5.73 Å². The van der Waals surface area contributed by atoms with Crippen LogP contribution in [0.4, 0.5) is 11.9 Å². The number of nitrogens with zero attached hydrogens (tertiary/aromatic N) is 3. The molecule has 0 aliphatic carbocycles. The predicted octanol–water partition coefficient (Wildman–Crippen LogP) is 2.49. The smallest absolute Gasteiger partial charge is 0.243 e. The van der Waals surface area contributed by atoms with Crippen molar-refractivity contribution in [2.24, 2.45) is 0 Å². The Morgan fingerprint density at radius 1 is 1.44 bits per heavy atom. The average Bonchev–Trinajstić information content (AvgIpc) is 2.68. The standard InChI is InChI=1S/C12H16BrN5/c1-2-6-15-12-16-11(14)18(17-12)8-9-4-3-5-10(13)7-9/h3-5,7H,2,6,8H2,1H3,(H3,14,15,16,17). The first-order chi connectivity index (χ1) is 8.69. The molecule has 1 heterocycles. The fourth-order valence-electron chi connectivity index (χ4n) is 1.59. The summed E-state index contributed by atoms with van der Waals surface area (Å²) in [6, 6.07) is 8.05. The summed E-state index contributed by atoms with van der Waals surface area (Å²) in [6.07, 6.45) is 1.03. The van der Waals surface area contributed by atoms with E-state index in [0.29, 0.717) is 18.4 Å². The number of nitrogens with one attached hydrogen (secondary N) is 1. The zero-order chi connectivity index (χ0) is 13.0.